The monoisotopic (exact) mass is 390 g/mol. The van der Waals surface area contributed by atoms with Gasteiger partial charge in [-0.25, -0.2) is 4.79 Å². The lowest BCUT2D eigenvalue weighted by Crippen LogP contribution is -2.55. The SMILES string of the molecule is COc1ccccc1N1CCN(C(=O)NC[C@H](C(C)C)N2CCOCC2)CC1. The summed E-state index contributed by atoms with van der Waals surface area (Å²) >= 11 is 0. The van der Waals surface area contributed by atoms with Crippen molar-refractivity contribution >= 4 is 11.7 Å². The minimum Gasteiger partial charge on any atom is -0.495 e. The highest BCUT2D eigenvalue weighted by molar-refractivity contribution is 5.74. The molecule has 7 heteroatoms. The number of carbonyl (C=O) groups excluding carboxylic acids is 1. The number of morpholine rings is 1. The van der Waals surface area contributed by atoms with Gasteiger partial charge in [0.2, 0.25) is 0 Å². The molecule has 2 fully saturated rings. The van der Waals surface area contributed by atoms with E-state index in [9.17, 15) is 4.79 Å². The van der Waals surface area contributed by atoms with Crippen molar-refractivity contribution in [2.45, 2.75) is 19.9 Å². The van der Waals surface area contributed by atoms with Crippen LogP contribution in [0.5, 0.6) is 5.75 Å². The number of nitrogens with zero attached hydrogens (tertiary/aromatic N) is 3. The molecule has 1 aromatic rings. The Bertz CT molecular complexity index is 626. The summed E-state index contributed by atoms with van der Waals surface area (Å²) < 4.78 is 10.9. The molecule has 2 heterocycles. The lowest BCUT2D eigenvalue weighted by atomic mass is 10.0. The largest absolute Gasteiger partial charge is 0.495 e. The van der Waals surface area contributed by atoms with Gasteiger partial charge in [0.15, 0.2) is 0 Å². The van der Waals surface area contributed by atoms with Crippen molar-refractivity contribution in [1.82, 2.24) is 15.1 Å². The van der Waals surface area contributed by atoms with Crippen LogP contribution < -0.4 is 15.0 Å². The van der Waals surface area contributed by atoms with E-state index in [1.165, 1.54) is 0 Å². The van der Waals surface area contributed by atoms with Crippen molar-refractivity contribution in [2.24, 2.45) is 5.92 Å². The van der Waals surface area contributed by atoms with Gasteiger partial charge in [-0.3, -0.25) is 4.90 Å². The topological polar surface area (TPSA) is 57.3 Å². The van der Waals surface area contributed by atoms with E-state index >= 15 is 0 Å². The molecule has 1 atom stereocenters. The molecule has 0 aromatic heterocycles. The first-order valence-electron chi connectivity index (χ1n) is 10.3. The number of amides is 2. The average molecular weight is 391 g/mol. The van der Waals surface area contributed by atoms with E-state index < -0.39 is 0 Å². The van der Waals surface area contributed by atoms with E-state index in [1.807, 2.05) is 23.1 Å². The molecule has 0 radical (unpaired) electrons. The molecule has 2 aliphatic heterocycles. The third-order valence-corrected chi connectivity index (χ3v) is 5.74. The third kappa shape index (κ3) is 5.08. The van der Waals surface area contributed by atoms with Crippen molar-refractivity contribution in [2.75, 3.05) is 71.0 Å². The maximum atomic E-state index is 12.7. The van der Waals surface area contributed by atoms with Crippen LogP contribution in [0.3, 0.4) is 0 Å². The van der Waals surface area contributed by atoms with E-state index in [4.69, 9.17) is 9.47 Å². The van der Waals surface area contributed by atoms with Crippen LogP contribution in [0.4, 0.5) is 10.5 Å². The van der Waals surface area contributed by atoms with Gasteiger partial charge < -0.3 is 24.6 Å². The van der Waals surface area contributed by atoms with Gasteiger partial charge in [-0.2, -0.15) is 0 Å². The van der Waals surface area contributed by atoms with Crippen molar-refractivity contribution in [1.29, 1.82) is 0 Å². The van der Waals surface area contributed by atoms with Gasteiger partial charge in [-0.1, -0.05) is 26.0 Å². The Kier molecular flexibility index (Phi) is 7.39. The summed E-state index contributed by atoms with van der Waals surface area (Å²) in [6.45, 7) is 11.6. The number of ether oxygens (including phenoxy) is 2. The summed E-state index contributed by atoms with van der Waals surface area (Å²) in [4.78, 5) is 19.3. The highest BCUT2D eigenvalue weighted by Crippen LogP contribution is 2.28. The Hall–Kier alpha value is -1.99. The van der Waals surface area contributed by atoms with Gasteiger partial charge in [0.1, 0.15) is 5.75 Å². The van der Waals surface area contributed by atoms with Crippen LogP contribution in [0, 0.1) is 5.92 Å². The van der Waals surface area contributed by atoms with Crippen molar-refractivity contribution in [3.8, 4) is 5.75 Å². The standard InChI is InChI=1S/C21H34N4O3/c1-17(2)19(24-12-14-28-15-13-24)16-22-21(26)25-10-8-23(9-11-25)18-6-4-5-7-20(18)27-3/h4-7,17,19H,8-16H2,1-3H3,(H,22,26)/t19-/m1/s1. The van der Waals surface area contributed by atoms with Crippen molar-refractivity contribution in [3.05, 3.63) is 24.3 Å². The first kappa shape index (κ1) is 20.7. The fraction of sp³-hybridized carbons (Fsp3) is 0.667. The lowest BCUT2D eigenvalue weighted by molar-refractivity contribution is 0.00693. The number of piperazine rings is 1. The van der Waals surface area contributed by atoms with Crippen LogP contribution in [0.1, 0.15) is 13.8 Å². The second-order valence-electron chi connectivity index (χ2n) is 7.79. The lowest BCUT2D eigenvalue weighted by Gasteiger charge is -2.39. The van der Waals surface area contributed by atoms with Gasteiger partial charge in [-0.05, 0) is 18.1 Å². The zero-order valence-corrected chi connectivity index (χ0v) is 17.4. The molecule has 2 aliphatic rings. The van der Waals surface area contributed by atoms with E-state index in [1.54, 1.807) is 7.11 Å². The zero-order valence-electron chi connectivity index (χ0n) is 17.4. The number of rotatable bonds is 6. The molecule has 0 spiro atoms. The summed E-state index contributed by atoms with van der Waals surface area (Å²) in [6.07, 6.45) is 0. The smallest absolute Gasteiger partial charge is 0.317 e. The zero-order chi connectivity index (χ0) is 19.9. The van der Waals surface area contributed by atoms with Gasteiger partial charge in [-0.15, -0.1) is 0 Å². The fourth-order valence-electron chi connectivity index (χ4n) is 4.04. The van der Waals surface area contributed by atoms with E-state index in [0.29, 0.717) is 31.6 Å². The van der Waals surface area contributed by atoms with E-state index in [-0.39, 0.29) is 6.03 Å². The number of benzene rings is 1. The van der Waals surface area contributed by atoms with Gasteiger partial charge in [0, 0.05) is 51.9 Å². The Balaban J connectivity index is 1.49. The summed E-state index contributed by atoms with van der Waals surface area (Å²) in [5.41, 5.74) is 1.09. The Morgan fingerprint density at radius 2 is 1.79 bits per heavy atom. The molecule has 0 unspecified atom stereocenters. The molecular weight excluding hydrogens is 356 g/mol. The molecule has 2 amide bonds. The maximum absolute atomic E-state index is 12.7. The molecule has 2 saturated heterocycles. The van der Waals surface area contributed by atoms with Crippen LogP contribution in [0.2, 0.25) is 0 Å². The molecule has 3 rings (SSSR count). The highest BCUT2D eigenvalue weighted by Gasteiger charge is 2.26. The second kappa shape index (κ2) is 9.98. The maximum Gasteiger partial charge on any atom is 0.317 e. The predicted molar refractivity (Wildman–Crippen MR) is 111 cm³/mol. The number of para-hydroxylation sites is 2. The van der Waals surface area contributed by atoms with Gasteiger partial charge in [0.05, 0.1) is 26.0 Å². The first-order chi connectivity index (χ1) is 13.6. The van der Waals surface area contributed by atoms with Crippen LogP contribution in [-0.4, -0.2) is 88.0 Å². The molecule has 28 heavy (non-hydrogen) atoms. The van der Waals surface area contributed by atoms with E-state index in [0.717, 1.165) is 50.8 Å². The summed E-state index contributed by atoms with van der Waals surface area (Å²) in [7, 11) is 1.70. The number of anilines is 1. The second-order valence-corrected chi connectivity index (χ2v) is 7.79. The number of nitrogens with one attached hydrogen (secondary N) is 1. The molecule has 1 aromatic carbocycles. The molecule has 0 bridgehead atoms. The normalized spacial score (nSPS) is 19.6. The van der Waals surface area contributed by atoms with Crippen LogP contribution in [0.25, 0.3) is 0 Å². The molecular formula is C21H34N4O3. The number of carbonyl (C=O) groups is 1. The fourth-order valence-corrected chi connectivity index (χ4v) is 4.04. The Morgan fingerprint density at radius 3 is 2.43 bits per heavy atom. The average Bonchev–Trinajstić information content (AvgIpc) is 2.74. The molecule has 0 saturated carbocycles. The van der Waals surface area contributed by atoms with Gasteiger partial charge >= 0.3 is 6.03 Å². The number of methoxy groups -OCH3 is 1. The minimum absolute atomic E-state index is 0.0404. The highest BCUT2D eigenvalue weighted by atomic mass is 16.5. The van der Waals surface area contributed by atoms with Crippen molar-refractivity contribution < 1.29 is 14.3 Å². The summed E-state index contributed by atoms with van der Waals surface area (Å²) in [5, 5.41) is 3.17. The van der Waals surface area contributed by atoms with Crippen LogP contribution in [-0.2, 0) is 4.74 Å². The number of hydrogen-bond acceptors (Lipinski definition) is 5. The Labute approximate surface area is 168 Å². The summed E-state index contributed by atoms with van der Waals surface area (Å²) in [6, 6.07) is 8.44. The third-order valence-electron chi connectivity index (χ3n) is 5.74. The minimum atomic E-state index is 0.0404. The molecule has 156 valence electrons. The number of urea groups is 1. The van der Waals surface area contributed by atoms with Crippen molar-refractivity contribution in [3.63, 3.8) is 0 Å². The predicted octanol–water partition coefficient (Wildman–Crippen LogP) is 1.88. The Morgan fingerprint density at radius 1 is 1.11 bits per heavy atom. The molecule has 1 N–H and O–H groups in total. The molecule has 7 nitrogen and oxygen atoms in total. The van der Waals surface area contributed by atoms with Crippen LogP contribution >= 0.6 is 0 Å². The first-order valence-corrected chi connectivity index (χ1v) is 10.3. The van der Waals surface area contributed by atoms with Crippen LogP contribution in [0.15, 0.2) is 24.3 Å². The quantitative estimate of drug-likeness (QED) is 0.804. The molecule has 0 aliphatic carbocycles. The summed E-state index contributed by atoms with van der Waals surface area (Å²) in [5.74, 6) is 1.37. The number of hydrogen-bond donors (Lipinski definition) is 1. The van der Waals surface area contributed by atoms with Gasteiger partial charge in [0.25, 0.3) is 0 Å². The van der Waals surface area contributed by atoms with E-state index in [2.05, 4.69) is 35.0 Å².